The van der Waals surface area contributed by atoms with E-state index < -0.39 is 0 Å². The molecule has 1 N–H and O–H groups in total. The molecular weight excluding hydrogens is 350 g/mol. The standard InChI is InChI=1S/C24H25NO3/c1-26-25-23-13-6-5-10-20(23)17-27-21-12-7-11-19(14-21)22-15-24(22)28-16-18-8-3-2-4-9-18/h2-14,22,24-25H,15-17H2,1H3. The lowest BCUT2D eigenvalue weighted by Gasteiger charge is -2.12. The van der Waals surface area contributed by atoms with Crippen molar-refractivity contribution >= 4 is 5.69 Å². The Morgan fingerprint density at radius 1 is 0.893 bits per heavy atom. The highest BCUT2D eigenvalue weighted by molar-refractivity contribution is 5.49. The lowest BCUT2D eigenvalue weighted by atomic mass is 10.1. The summed E-state index contributed by atoms with van der Waals surface area (Å²) >= 11 is 0. The van der Waals surface area contributed by atoms with Crippen LogP contribution in [-0.4, -0.2) is 13.2 Å². The lowest BCUT2D eigenvalue weighted by Crippen LogP contribution is -2.03. The van der Waals surface area contributed by atoms with Crippen LogP contribution in [0.25, 0.3) is 0 Å². The smallest absolute Gasteiger partial charge is 0.120 e. The predicted molar refractivity (Wildman–Crippen MR) is 110 cm³/mol. The molecule has 1 aliphatic carbocycles. The molecule has 3 aromatic rings. The molecule has 144 valence electrons. The van der Waals surface area contributed by atoms with Gasteiger partial charge in [-0.3, -0.25) is 10.3 Å². The Labute approximate surface area is 166 Å². The zero-order valence-electron chi connectivity index (χ0n) is 16.0. The van der Waals surface area contributed by atoms with E-state index in [4.69, 9.17) is 14.3 Å². The number of nitrogens with one attached hydrogen (secondary N) is 1. The van der Waals surface area contributed by atoms with Crippen molar-refractivity contribution in [2.45, 2.75) is 31.7 Å². The molecule has 4 heteroatoms. The Kier molecular flexibility index (Phi) is 5.90. The maximum atomic E-state index is 6.05. The molecule has 0 bridgehead atoms. The van der Waals surface area contributed by atoms with Crippen LogP contribution in [-0.2, 0) is 22.8 Å². The summed E-state index contributed by atoms with van der Waals surface area (Å²) in [7, 11) is 1.60. The van der Waals surface area contributed by atoms with Crippen molar-refractivity contribution in [2.75, 3.05) is 12.6 Å². The zero-order valence-corrected chi connectivity index (χ0v) is 16.0. The van der Waals surface area contributed by atoms with Crippen LogP contribution in [0.1, 0.15) is 29.0 Å². The molecule has 1 aliphatic rings. The van der Waals surface area contributed by atoms with E-state index in [9.17, 15) is 0 Å². The largest absolute Gasteiger partial charge is 0.489 e. The lowest BCUT2D eigenvalue weighted by molar-refractivity contribution is 0.102. The van der Waals surface area contributed by atoms with E-state index in [0.29, 0.717) is 25.2 Å². The molecule has 0 radical (unpaired) electrons. The van der Waals surface area contributed by atoms with Gasteiger partial charge in [0.1, 0.15) is 12.4 Å². The van der Waals surface area contributed by atoms with Crippen LogP contribution in [0.4, 0.5) is 5.69 Å². The highest BCUT2D eigenvalue weighted by atomic mass is 16.6. The molecule has 0 amide bonds. The van der Waals surface area contributed by atoms with Crippen LogP contribution in [0, 0.1) is 0 Å². The number of benzene rings is 3. The molecule has 28 heavy (non-hydrogen) atoms. The topological polar surface area (TPSA) is 39.7 Å². The summed E-state index contributed by atoms with van der Waals surface area (Å²) in [6, 6.07) is 26.6. The Balaban J connectivity index is 1.33. The monoisotopic (exact) mass is 375 g/mol. The van der Waals surface area contributed by atoms with Gasteiger partial charge in [0.15, 0.2) is 0 Å². The predicted octanol–water partition coefficient (Wildman–Crippen LogP) is 5.31. The van der Waals surface area contributed by atoms with E-state index in [2.05, 4.69) is 35.8 Å². The van der Waals surface area contributed by atoms with Crippen molar-refractivity contribution in [3.05, 3.63) is 95.6 Å². The van der Waals surface area contributed by atoms with Crippen LogP contribution in [0.15, 0.2) is 78.9 Å². The summed E-state index contributed by atoms with van der Waals surface area (Å²) < 4.78 is 12.1. The van der Waals surface area contributed by atoms with Gasteiger partial charge in [0.05, 0.1) is 25.5 Å². The van der Waals surface area contributed by atoms with Gasteiger partial charge in [-0.15, -0.1) is 0 Å². The summed E-state index contributed by atoms with van der Waals surface area (Å²) in [4.78, 5) is 5.03. The Morgan fingerprint density at radius 3 is 2.57 bits per heavy atom. The molecule has 2 atom stereocenters. The first-order valence-electron chi connectivity index (χ1n) is 9.58. The van der Waals surface area contributed by atoms with Gasteiger partial charge >= 0.3 is 0 Å². The number of hydrogen-bond acceptors (Lipinski definition) is 4. The summed E-state index contributed by atoms with van der Waals surface area (Å²) in [5.41, 5.74) is 7.34. The fourth-order valence-corrected chi connectivity index (χ4v) is 3.34. The quantitative estimate of drug-likeness (QED) is 0.515. The van der Waals surface area contributed by atoms with Gasteiger partial charge in [-0.2, -0.15) is 0 Å². The minimum absolute atomic E-state index is 0.294. The minimum Gasteiger partial charge on any atom is -0.489 e. The van der Waals surface area contributed by atoms with Gasteiger partial charge in [0.2, 0.25) is 0 Å². The van der Waals surface area contributed by atoms with E-state index in [0.717, 1.165) is 23.4 Å². The number of rotatable bonds is 9. The third kappa shape index (κ3) is 4.71. The number of ether oxygens (including phenoxy) is 2. The average Bonchev–Trinajstić information content (AvgIpc) is 3.53. The van der Waals surface area contributed by atoms with Crippen LogP contribution < -0.4 is 10.2 Å². The molecule has 0 heterocycles. The van der Waals surface area contributed by atoms with Gasteiger partial charge < -0.3 is 9.47 Å². The molecule has 0 aliphatic heterocycles. The number of hydrogen-bond donors (Lipinski definition) is 1. The van der Waals surface area contributed by atoms with E-state index in [1.54, 1.807) is 7.11 Å². The first kappa shape index (κ1) is 18.5. The first-order chi connectivity index (χ1) is 13.8. The molecule has 3 aromatic carbocycles. The van der Waals surface area contributed by atoms with Gasteiger partial charge in [-0.25, -0.2) is 0 Å². The molecule has 1 fully saturated rings. The van der Waals surface area contributed by atoms with Crippen LogP contribution in [0.5, 0.6) is 5.75 Å². The van der Waals surface area contributed by atoms with Crippen molar-refractivity contribution in [2.24, 2.45) is 0 Å². The fraction of sp³-hybridized carbons (Fsp3) is 0.250. The molecule has 4 nitrogen and oxygen atoms in total. The molecule has 4 rings (SSSR count). The molecule has 2 unspecified atom stereocenters. The van der Waals surface area contributed by atoms with E-state index >= 15 is 0 Å². The highest BCUT2D eigenvalue weighted by Gasteiger charge is 2.39. The Bertz CT molecular complexity index is 897. The summed E-state index contributed by atoms with van der Waals surface area (Å²) in [6.45, 7) is 1.15. The third-order valence-corrected chi connectivity index (χ3v) is 4.95. The summed E-state index contributed by atoms with van der Waals surface area (Å²) in [5, 5.41) is 0. The highest BCUT2D eigenvalue weighted by Crippen LogP contribution is 2.44. The third-order valence-electron chi connectivity index (χ3n) is 4.95. The normalized spacial score (nSPS) is 17.9. The minimum atomic E-state index is 0.294. The van der Waals surface area contributed by atoms with E-state index in [-0.39, 0.29) is 0 Å². The number of anilines is 1. The maximum absolute atomic E-state index is 6.05. The SMILES string of the molecule is CONc1ccccc1COc1cccc(C2CC2OCc2ccccc2)c1. The van der Waals surface area contributed by atoms with Crippen molar-refractivity contribution in [3.8, 4) is 5.75 Å². The molecule has 0 saturated heterocycles. The van der Waals surface area contributed by atoms with Crippen molar-refractivity contribution in [1.82, 2.24) is 0 Å². The van der Waals surface area contributed by atoms with Crippen molar-refractivity contribution in [3.63, 3.8) is 0 Å². The second-order valence-electron chi connectivity index (χ2n) is 7.00. The van der Waals surface area contributed by atoms with Gasteiger partial charge in [-0.05, 0) is 35.7 Å². The van der Waals surface area contributed by atoms with Gasteiger partial charge in [0, 0.05) is 11.5 Å². The molecular formula is C24H25NO3. The summed E-state index contributed by atoms with van der Waals surface area (Å²) in [5.74, 6) is 1.33. The fourth-order valence-electron chi connectivity index (χ4n) is 3.34. The molecule has 1 saturated carbocycles. The van der Waals surface area contributed by atoms with E-state index in [1.165, 1.54) is 11.1 Å². The van der Waals surface area contributed by atoms with Crippen molar-refractivity contribution < 1.29 is 14.3 Å². The first-order valence-corrected chi connectivity index (χ1v) is 9.58. The average molecular weight is 375 g/mol. The maximum Gasteiger partial charge on any atom is 0.120 e. The van der Waals surface area contributed by atoms with Crippen LogP contribution >= 0.6 is 0 Å². The Hall–Kier alpha value is -2.82. The second kappa shape index (κ2) is 8.91. The van der Waals surface area contributed by atoms with Crippen LogP contribution in [0.2, 0.25) is 0 Å². The van der Waals surface area contributed by atoms with Gasteiger partial charge in [-0.1, -0.05) is 60.7 Å². The molecule has 0 spiro atoms. The van der Waals surface area contributed by atoms with Crippen molar-refractivity contribution in [1.29, 1.82) is 0 Å². The number of para-hydroxylation sites is 1. The second-order valence-corrected chi connectivity index (χ2v) is 7.00. The molecule has 0 aromatic heterocycles. The van der Waals surface area contributed by atoms with E-state index in [1.807, 2.05) is 48.5 Å². The van der Waals surface area contributed by atoms with Crippen LogP contribution in [0.3, 0.4) is 0 Å². The van der Waals surface area contributed by atoms with Gasteiger partial charge in [0.25, 0.3) is 0 Å². The Morgan fingerprint density at radius 2 is 1.71 bits per heavy atom. The summed E-state index contributed by atoms with van der Waals surface area (Å²) in [6.07, 6.45) is 1.36. The zero-order chi connectivity index (χ0) is 19.2.